The second-order valence-electron chi connectivity index (χ2n) is 3.39. The van der Waals surface area contributed by atoms with Gasteiger partial charge in [-0.3, -0.25) is 0 Å². The predicted molar refractivity (Wildman–Crippen MR) is 48.7 cm³/mol. The monoisotopic (exact) mass is 206 g/mol. The Kier molecular flexibility index (Phi) is 3.86. The summed E-state index contributed by atoms with van der Waals surface area (Å²) in [5, 5.41) is 9.68. The van der Waals surface area contributed by atoms with Crippen LogP contribution in [0.2, 0.25) is 0 Å². The Labute approximate surface area is 83.9 Å². The molecule has 0 amide bonds. The van der Waals surface area contributed by atoms with E-state index in [0.717, 1.165) is 0 Å². The second-order valence-corrected chi connectivity index (χ2v) is 3.39. The average Bonchev–Trinajstić information content (AvgIpc) is 2.19. The third-order valence-electron chi connectivity index (χ3n) is 2.72. The first-order valence-electron chi connectivity index (χ1n) is 4.56. The summed E-state index contributed by atoms with van der Waals surface area (Å²) in [5.74, 6) is -1.12. The quantitative estimate of drug-likeness (QED) is 0.664. The number of hydrogen-bond donors (Lipinski definition) is 1. The van der Waals surface area contributed by atoms with Gasteiger partial charge in [-0.05, 0) is 6.92 Å². The van der Waals surface area contributed by atoms with Crippen LogP contribution in [0.15, 0.2) is 0 Å². The van der Waals surface area contributed by atoms with Gasteiger partial charge >= 0.3 is 0 Å². The van der Waals surface area contributed by atoms with Gasteiger partial charge in [-0.15, -0.1) is 0 Å². The fraction of sp³-hybridized carbons (Fsp3) is 1.00. The third kappa shape index (κ3) is 1.92. The number of rotatable bonds is 3. The Morgan fingerprint density at radius 1 is 1.29 bits per heavy atom. The molecule has 0 aromatic carbocycles. The maximum absolute atomic E-state index is 9.68. The summed E-state index contributed by atoms with van der Waals surface area (Å²) < 4.78 is 20.8. The number of aliphatic hydroxyl groups is 1. The van der Waals surface area contributed by atoms with Crippen molar-refractivity contribution in [3.8, 4) is 0 Å². The highest BCUT2D eigenvalue weighted by molar-refractivity contribution is 4.86. The Morgan fingerprint density at radius 3 is 2.29 bits per heavy atom. The van der Waals surface area contributed by atoms with Crippen LogP contribution in [0.3, 0.4) is 0 Å². The van der Waals surface area contributed by atoms with E-state index in [1.54, 1.807) is 7.11 Å². The SMILES string of the molecule is COC1CC(OC)(OC)C(O)OC1C. The van der Waals surface area contributed by atoms with Crippen LogP contribution >= 0.6 is 0 Å². The molecule has 84 valence electrons. The summed E-state index contributed by atoms with van der Waals surface area (Å²) in [4.78, 5) is 0. The maximum Gasteiger partial charge on any atom is 0.222 e. The molecule has 0 radical (unpaired) electrons. The van der Waals surface area contributed by atoms with Gasteiger partial charge in [0.05, 0.1) is 12.2 Å². The van der Waals surface area contributed by atoms with E-state index in [0.29, 0.717) is 6.42 Å². The molecule has 1 N–H and O–H groups in total. The number of methoxy groups -OCH3 is 3. The molecule has 5 heteroatoms. The van der Waals surface area contributed by atoms with Crippen molar-refractivity contribution in [1.82, 2.24) is 0 Å². The first-order valence-corrected chi connectivity index (χ1v) is 4.56. The lowest BCUT2D eigenvalue weighted by Gasteiger charge is -2.43. The molecule has 0 aliphatic carbocycles. The number of aliphatic hydroxyl groups excluding tert-OH is 1. The molecule has 1 aliphatic heterocycles. The molecule has 1 aliphatic rings. The second kappa shape index (κ2) is 4.55. The zero-order valence-electron chi connectivity index (χ0n) is 9.02. The van der Waals surface area contributed by atoms with Crippen LogP contribution in [0.25, 0.3) is 0 Å². The predicted octanol–water partition coefficient (Wildman–Crippen LogP) is 0.118. The minimum absolute atomic E-state index is 0.140. The van der Waals surface area contributed by atoms with Crippen LogP contribution in [-0.2, 0) is 18.9 Å². The number of hydrogen-bond acceptors (Lipinski definition) is 5. The van der Waals surface area contributed by atoms with E-state index in [9.17, 15) is 5.11 Å². The highest BCUT2D eigenvalue weighted by atomic mass is 16.8. The minimum Gasteiger partial charge on any atom is -0.379 e. The molecule has 5 nitrogen and oxygen atoms in total. The Bertz CT molecular complexity index is 180. The molecule has 3 unspecified atom stereocenters. The van der Waals surface area contributed by atoms with Gasteiger partial charge < -0.3 is 24.1 Å². The molecule has 0 saturated carbocycles. The van der Waals surface area contributed by atoms with Crippen molar-refractivity contribution in [2.45, 2.75) is 37.6 Å². The molecular formula is C9H18O5. The summed E-state index contributed by atoms with van der Waals surface area (Å²) in [6.45, 7) is 1.84. The van der Waals surface area contributed by atoms with Crippen LogP contribution in [0.4, 0.5) is 0 Å². The van der Waals surface area contributed by atoms with E-state index in [-0.39, 0.29) is 12.2 Å². The van der Waals surface area contributed by atoms with Crippen molar-refractivity contribution in [1.29, 1.82) is 0 Å². The van der Waals surface area contributed by atoms with Gasteiger partial charge in [0.1, 0.15) is 0 Å². The molecule has 0 aromatic rings. The molecular weight excluding hydrogens is 188 g/mol. The van der Waals surface area contributed by atoms with Crippen molar-refractivity contribution < 1.29 is 24.1 Å². The van der Waals surface area contributed by atoms with Crippen LogP contribution in [0.5, 0.6) is 0 Å². The standard InChI is InChI=1S/C9H18O5/c1-6-7(11-2)5-9(12-3,13-4)8(10)14-6/h6-8,10H,5H2,1-4H3. The molecule has 1 fully saturated rings. The molecule has 14 heavy (non-hydrogen) atoms. The van der Waals surface area contributed by atoms with Gasteiger partial charge in [-0.25, -0.2) is 0 Å². The normalized spacial score (nSPS) is 37.1. The highest BCUT2D eigenvalue weighted by Gasteiger charge is 2.48. The Hall–Kier alpha value is -0.200. The smallest absolute Gasteiger partial charge is 0.222 e. The largest absolute Gasteiger partial charge is 0.379 e. The van der Waals surface area contributed by atoms with E-state index in [2.05, 4.69) is 0 Å². The van der Waals surface area contributed by atoms with Gasteiger partial charge in [0.25, 0.3) is 0 Å². The fourth-order valence-electron chi connectivity index (χ4n) is 1.67. The van der Waals surface area contributed by atoms with Gasteiger partial charge in [0.15, 0.2) is 0 Å². The molecule has 3 atom stereocenters. The molecule has 1 rings (SSSR count). The molecule has 0 bridgehead atoms. The van der Waals surface area contributed by atoms with Gasteiger partial charge in [-0.1, -0.05) is 0 Å². The Morgan fingerprint density at radius 2 is 1.86 bits per heavy atom. The van der Waals surface area contributed by atoms with E-state index >= 15 is 0 Å². The zero-order chi connectivity index (χ0) is 10.8. The van der Waals surface area contributed by atoms with Crippen LogP contribution in [0.1, 0.15) is 13.3 Å². The first-order chi connectivity index (χ1) is 6.59. The van der Waals surface area contributed by atoms with E-state index in [1.807, 2.05) is 6.92 Å². The van der Waals surface area contributed by atoms with Crippen molar-refractivity contribution in [2.24, 2.45) is 0 Å². The highest BCUT2D eigenvalue weighted by Crippen LogP contribution is 2.32. The van der Waals surface area contributed by atoms with E-state index in [1.165, 1.54) is 14.2 Å². The van der Waals surface area contributed by atoms with E-state index in [4.69, 9.17) is 18.9 Å². The molecule has 0 spiro atoms. The van der Waals surface area contributed by atoms with E-state index < -0.39 is 12.1 Å². The van der Waals surface area contributed by atoms with Crippen molar-refractivity contribution in [3.05, 3.63) is 0 Å². The maximum atomic E-state index is 9.68. The lowest BCUT2D eigenvalue weighted by molar-refractivity contribution is -0.373. The summed E-state index contributed by atoms with van der Waals surface area (Å²) in [6.07, 6.45) is -0.954. The first kappa shape index (κ1) is 11.9. The summed E-state index contributed by atoms with van der Waals surface area (Å²) >= 11 is 0. The zero-order valence-corrected chi connectivity index (χ0v) is 9.02. The topological polar surface area (TPSA) is 57.2 Å². The summed E-state index contributed by atoms with van der Waals surface area (Å²) in [5.41, 5.74) is 0. The average molecular weight is 206 g/mol. The van der Waals surface area contributed by atoms with Gasteiger partial charge in [0.2, 0.25) is 12.1 Å². The lowest BCUT2D eigenvalue weighted by Crippen LogP contribution is -2.57. The fourth-order valence-corrected chi connectivity index (χ4v) is 1.67. The number of ether oxygens (including phenoxy) is 4. The molecule has 0 aromatic heterocycles. The molecule has 1 saturated heterocycles. The van der Waals surface area contributed by atoms with Crippen LogP contribution in [-0.4, -0.2) is 50.7 Å². The summed E-state index contributed by atoms with van der Waals surface area (Å²) in [6, 6.07) is 0. The lowest BCUT2D eigenvalue weighted by atomic mass is 10.00. The Balaban J connectivity index is 2.76. The van der Waals surface area contributed by atoms with Crippen LogP contribution < -0.4 is 0 Å². The van der Waals surface area contributed by atoms with Crippen LogP contribution in [0, 0.1) is 0 Å². The third-order valence-corrected chi connectivity index (χ3v) is 2.72. The van der Waals surface area contributed by atoms with Crippen molar-refractivity contribution in [2.75, 3.05) is 21.3 Å². The van der Waals surface area contributed by atoms with Gasteiger partial charge in [0, 0.05) is 27.8 Å². The van der Waals surface area contributed by atoms with Crippen molar-refractivity contribution in [3.63, 3.8) is 0 Å². The summed E-state index contributed by atoms with van der Waals surface area (Å²) in [7, 11) is 4.54. The molecule has 1 heterocycles. The minimum atomic E-state index is -1.12. The van der Waals surface area contributed by atoms with Gasteiger partial charge in [-0.2, -0.15) is 0 Å². The van der Waals surface area contributed by atoms with Crippen molar-refractivity contribution >= 4 is 0 Å².